The summed E-state index contributed by atoms with van der Waals surface area (Å²) < 4.78 is 56.5. The molecule has 0 N–H and O–H groups in total. The van der Waals surface area contributed by atoms with Crippen molar-refractivity contribution in [3.05, 3.63) is 92.8 Å². The molecule has 6 nitrogen and oxygen atoms in total. The Bertz CT molecular complexity index is 1500. The summed E-state index contributed by atoms with van der Waals surface area (Å²) in [6.45, 7) is 3.16. The Kier molecular flexibility index (Phi) is 6.51. The molecule has 192 valence electrons. The van der Waals surface area contributed by atoms with Crippen molar-refractivity contribution in [1.29, 1.82) is 0 Å². The van der Waals surface area contributed by atoms with E-state index in [9.17, 15) is 22.4 Å². The summed E-state index contributed by atoms with van der Waals surface area (Å²) in [7, 11) is 0. The van der Waals surface area contributed by atoms with E-state index in [4.69, 9.17) is 0 Å². The van der Waals surface area contributed by atoms with E-state index in [1.165, 1.54) is 16.8 Å². The summed E-state index contributed by atoms with van der Waals surface area (Å²) in [5.74, 6) is -0.290. The van der Waals surface area contributed by atoms with E-state index in [2.05, 4.69) is 19.9 Å². The smallest absolute Gasteiger partial charge is 0.285 e. The largest absolute Gasteiger partial charge is 0.435 e. The van der Waals surface area contributed by atoms with Gasteiger partial charge in [-0.1, -0.05) is 12.1 Å². The molecular formula is C27H25F4N5O. The van der Waals surface area contributed by atoms with Crippen molar-refractivity contribution in [1.82, 2.24) is 24.5 Å². The maximum atomic E-state index is 14.5. The highest BCUT2D eigenvalue weighted by Gasteiger charge is 2.36. The molecule has 4 aromatic rings. The second kappa shape index (κ2) is 9.64. The van der Waals surface area contributed by atoms with E-state index < -0.39 is 24.0 Å². The molecule has 37 heavy (non-hydrogen) atoms. The van der Waals surface area contributed by atoms with Crippen LogP contribution in [0.15, 0.2) is 47.7 Å². The Labute approximate surface area is 210 Å². The van der Waals surface area contributed by atoms with Crippen LogP contribution in [0, 0.1) is 19.7 Å². The van der Waals surface area contributed by atoms with E-state index in [1.54, 1.807) is 25.3 Å². The van der Waals surface area contributed by atoms with Gasteiger partial charge in [-0.15, -0.1) is 0 Å². The zero-order valence-corrected chi connectivity index (χ0v) is 20.4. The number of nitrogens with zero attached hydrogens (tertiary/aromatic N) is 5. The van der Waals surface area contributed by atoms with Crippen molar-refractivity contribution in [3.8, 4) is 0 Å². The summed E-state index contributed by atoms with van der Waals surface area (Å²) in [6.07, 6.45) is 1.69. The molecule has 1 aromatic carbocycles. The second-order valence-electron chi connectivity index (χ2n) is 9.58. The lowest BCUT2D eigenvalue weighted by Crippen LogP contribution is -2.30. The monoisotopic (exact) mass is 511 g/mol. The SMILES string of the molecule is Cc1cnc2cc([C@H]3CC[C@@H](c4c(C)cccc4F)CC3)c(=O)n(Cc3nccnc3C(F)(F)F)c2n1. The Balaban J connectivity index is 1.53. The summed E-state index contributed by atoms with van der Waals surface area (Å²) in [6, 6.07) is 6.76. The van der Waals surface area contributed by atoms with Gasteiger partial charge in [0, 0.05) is 24.2 Å². The maximum Gasteiger partial charge on any atom is 0.435 e. The molecule has 1 aliphatic rings. The molecule has 1 fully saturated rings. The quantitative estimate of drug-likeness (QED) is 0.322. The number of rotatable bonds is 4. The first-order valence-corrected chi connectivity index (χ1v) is 12.1. The van der Waals surface area contributed by atoms with Crippen LogP contribution in [-0.4, -0.2) is 24.5 Å². The third kappa shape index (κ3) is 4.84. The fourth-order valence-electron chi connectivity index (χ4n) is 5.40. The first-order valence-electron chi connectivity index (χ1n) is 12.1. The van der Waals surface area contributed by atoms with Gasteiger partial charge in [0.25, 0.3) is 5.56 Å². The van der Waals surface area contributed by atoms with Crippen LogP contribution in [0.3, 0.4) is 0 Å². The lowest BCUT2D eigenvalue weighted by atomic mass is 9.75. The molecule has 0 amide bonds. The number of aromatic nitrogens is 5. The summed E-state index contributed by atoms with van der Waals surface area (Å²) in [5, 5.41) is 0. The highest BCUT2D eigenvalue weighted by Crippen LogP contribution is 2.41. The zero-order chi connectivity index (χ0) is 26.3. The van der Waals surface area contributed by atoms with Crippen LogP contribution in [0.4, 0.5) is 17.6 Å². The van der Waals surface area contributed by atoms with Gasteiger partial charge < -0.3 is 0 Å². The summed E-state index contributed by atoms with van der Waals surface area (Å²) >= 11 is 0. The number of halogens is 4. The molecule has 1 aliphatic carbocycles. The third-order valence-corrected chi connectivity index (χ3v) is 7.14. The topological polar surface area (TPSA) is 73.6 Å². The second-order valence-corrected chi connectivity index (χ2v) is 9.58. The molecule has 5 rings (SSSR count). The predicted molar refractivity (Wildman–Crippen MR) is 130 cm³/mol. The number of alkyl halides is 3. The average molecular weight is 512 g/mol. The van der Waals surface area contributed by atoms with Gasteiger partial charge in [-0.25, -0.2) is 14.4 Å². The number of hydrogen-bond donors (Lipinski definition) is 0. The van der Waals surface area contributed by atoms with Gasteiger partial charge in [0.15, 0.2) is 11.3 Å². The molecule has 0 unspecified atom stereocenters. The van der Waals surface area contributed by atoms with Crippen LogP contribution in [-0.2, 0) is 12.7 Å². The van der Waals surface area contributed by atoms with Gasteiger partial charge >= 0.3 is 6.18 Å². The van der Waals surface area contributed by atoms with Gasteiger partial charge in [0.2, 0.25) is 0 Å². The number of fused-ring (bicyclic) bond motifs is 1. The van der Waals surface area contributed by atoms with Gasteiger partial charge in [-0.2, -0.15) is 13.2 Å². The van der Waals surface area contributed by atoms with E-state index in [1.807, 2.05) is 13.0 Å². The average Bonchev–Trinajstić information content (AvgIpc) is 2.86. The zero-order valence-electron chi connectivity index (χ0n) is 20.4. The molecule has 1 saturated carbocycles. The van der Waals surface area contributed by atoms with Crippen LogP contribution in [0.2, 0.25) is 0 Å². The van der Waals surface area contributed by atoms with Crippen LogP contribution in [0.5, 0.6) is 0 Å². The van der Waals surface area contributed by atoms with Crippen molar-refractivity contribution in [3.63, 3.8) is 0 Å². The van der Waals surface area contributed by atoms with Gasteiger partial charge in [-0.05, 0) is 74.6 Å². The molecule has 0 radical (unpaired) electrons. The number of hydrogen-bond acceptors (Lipinski definition) is 5. The van der Waals surface area contributed by atoms with Crippen LogP contribution < -0.4 is 5.56 Å². The highest BCUT2D eigenvalue weighted by molar-refractivity contribution is 5.71. The Morgan fingerprint density at radius 2 is 1.70 bits per heavy atom. The molecule has 3 aromatic heterocycles. The fourth-order valence-corrected chi connectivity index (χ4v) is 5.40. The minimum absolute atomic E-state index is 0.0523. The van der Waals surface area contributed by atoms with Gasteiger partial charge in [0.1, 0.15) is 11.3 Å². The Morgan fingerprint density at radius 3 is 2.41 bits per heavy atom. The standard InChI is InChI=1S/C27H25F4N5O/c1-15-4-3-5-20(28)23(15)18-8-6-17(7-9-18)19-12-21-25(35-16(2)13-34-21)36(26(19)37)14-22-24(27(29,30)31)33-11-10-32-22/h3-5,10-13,17-18H,6-9,14H2,1-2H3/t17-,18+. The van der Waals surface area contributed by atoms with Gasteiger partial charge in [-0.3, -0.25) is 19.3 Å². The van der Waals surface area contributed by atoms with E-state index in [0.717, 1.165) is 17.3 Å². The molecule has 10 heteroatoms. The third-order valence-electron chi connectivity index (χ3n) is 7.14. The molecule has 0 spiro atoms. The molecule has 0 bridgehead atoms. The molecular weight excluding hydrogens is 486 g/mol. The number of aryl methyl sites for hydroxylation is 2. The Hall–Kier alpha value is -3.69. The van der Waals surface area contributed by atoms with Crippen LogP contribution in [0.1, 0.15) is 71.3 Å². The minimum atomic E-state index is -4.72. The molecule has 0 aliphatic heterocycles. The Morgan fingerprint density at radius 1 is 1.00 bits per heavy atom. The molecule has 0 saturated heterocycles. The molecule has 0 atom stereocenters. The first-order chi connectivity index (χ1) is 17.6. The van der Waals surface area contributed by atoms with Crippen LogP contribution >= 0.6 is 0 Å². The molecule has 3 heterocycles. The van der Waals surface area contributed by atoms with E-state index in [0.29, 0.717) is 42.5 Å². The lowest BCUT2D eigenvalue weighted by Gasteiger charge is -2.30. The van der Waals surface area contributed by atoms with Crippen molar-refractivity contribution >= 4 is 11.2 Å². The van der Waals surface area contributed by atoms with E-state index >= 15 is 0 Å². The highest BCUT2D eigenvalue weighted by atomic mass is 19.4. The summed E-state index contributed by atoms with van der Waals surface area (Å²) in [5.41, 5.74) is 1.34. The van der Waals surface area contributed by atoms with Crippen molar-refractivity contribution in [2.45, 2.75) is 64.1 Å². The number of benzene rings is 1. The summed E-state index contributed by atoms with van der Waals surface area (Å²) in [4.78, 5) is 29.9. The van der Waals surface area contributed by atoms with Crippen molar-refractivity contribution < 1.29 is 17.6 Å². The number of pyridine rings is 1. The minimum Gasteiger partial charge on any atom is -0.285 e. The van der Waals surface area contributed by atoms with E-state index in [-0.39, 0.29) is 29.0 Å². The van der Waals surface area contributed by atoms with Crippen molar-refractivity contribution in [2.75, 3.05) is 0 Å². The predicted octanol–water partition coefficient (Wildman–Crippen LogP) is 5.85. The maximum absolute atomic E-state index is 14.5. The van der Waals surface area contributed by atoms with Gasteiger partial charge in [0.05, 0.1) is 17.9 Å². The van der Waals surface area contributed by atoms with Crippen molar-refractivity contribution in [2.24, 2.45) is 0 Å². The first kappa shape index (κ1) is 25.0. The van der Waals surface area contributed by atoms with Crippen LogP contribution in [0.25, 0.3) is 11.2 Å². The normalized spacial score (nSPS) is 18.3. The fraction of sp³-hybridized carbons (Fsp3) is 0.370. The lowest BCUT2D eigenvalue weighted by molar-refractivity contribution is -0.142.